The fourth-order valence-corrected chi connectivity index (χ4v) is 3.59. The zero-order chi connectivity index (χ0) is 10.8. The Balaban J connectivity index is 2.11. The van der Waals surface area contributed by atoms with E-state index in [0.29, 0.717) is 4.83 Å². The standard InChI is InChI=1S/C10H10Br2N2S/c1-6-4-8(15-10(6)12)7(11)5-9-13-2-3-14-9/h2-4,7H,5H2,1H3,(H,13,14). The van der Waals surface area contributed by atoms with Gasteiger partial charge in [-0.2, -0.15) is 0 Å². The number of hydrogen-bond donors (Lipinski definition) is 1. The van der Waals surface area contributed by atoms with Crippen LogP contribution in [0, 0.1) is 6.92 Å². The number of aromatic nitrogens is 2. The lowest BCUT2D eigenvalue weighted by molar-refractivity contribution is 0.888. The highest BCUT2D eigenvalue weighted by Crippen LogP contribution is 2.36. The number of aryl methyl sites for hydroxylation is 1. The van der Waals surface area contributed by atoms with Crippen LogP contribution in [0.2, 0.25) is 0 Å². The van der Waals surface area contributed by atoms with Crippen LogP contribution in [-0.4, -0.2) is 9.97 Å². The summed E-state index contributed by atoms with van der Waals surface area (Å²) in [5, 5.41) is 0. The average molecular weight is 350 g/mol. The van der Waals surface area contributed by atoms with Crippen LogP contribution in [0.15, 0.2) is 22.2 Å². The number of hydrogen-bond acceptors (Lipinski definition) is 2. The Kier molecular flexibility index (Phi) is 3.64. The Morgan fingerprint density at radius 1 is 1.60 bits per heavy atom. The minimum atomic E-state index is 0.332. The van der Waals surface area contributed by atoms with Gasteiger partial charge in [0, 0.05) is 23.7 Å². The quantitative estimate of drug-likeness (QED) is 0.825. The van der Waals surface area contributed by atoms with E-state index in [0.717, 1.165) is 12.2 Å². The van der Waals surface area contributed by atoms with Crippen molar-refractivity contribution in [2.45, 2.75) is 18.2 Å². The second-order valence-corrected chi connectivity index (χ2v) is 6.82. The van der Waals surface area contributed by atoms with Crippen molar-refractivity contribution < 1.29 is 0 Å². The molecule has 0 aliphatic rings. The molecule has 0 radical (unpaired) electrons. The minimum Gasteiger partial charge on any atom is -0.349 e. The highest BCUT2D eigenvalue weighted by molar-refractivity contribution is 9.11. The lowest BCUT2D eigenvalue weighted by atomic mass is 10.2. The third kappa shape index (κ3) is 2.71. The highest BCUT2D eigenvalue weighted by Gasteiger charge is 2.13. The zero-order valence-corrected chi connectivity index (χ0v) is 12.1. The van der Waals surface area contributed by atoms with Crippen LogP contribution < -0.4 is 0 Å². The summed E-state index contributed by atoms with van der Waals surface area (Å²) in [4.78, 5) is 8.99. The monoisotopic (exact) mass is 348 g/mol. The highest BCUT2D eigenvalue weighted by atomic mass is 79.9. The summed E-state index contributed by atoms with van der Waals surface area (Å²) in [5.74, 6) is 1.01. The first-order valence-electron chi connectivity index (χ1n) is 4.55. The Morgan fingerprint density at radius 2 is 2.40 bits per heavy atom. The van der Waals surface area contributed by atoms with E-state index in [1.165, 1.54) is 14.2 Å². The summed E-state index contributed by atoms with van der Waals surface area (Å²) in [6.45, 7) is 2.11. The molecule has 0 bridgehead atoms. The number of nitrogens with one attached hydrogen (secondary N) is 1. The number of halogens is 2. The molecule has 2 aromatic rings. The number of nitrogens with zero attached hydrogens (tertiary/aromatic N) is 1. The zero-order valence-electron chi connectivity index (χ0n) is 8.13. The maximum Gasteiger partial charge on any atom is 0.107 e. The van der Waals surface area contributed by atoms with Gasteiger partial charge in [0.1, 0.15) is 5.82 Å². The van der Waals surface area contributed by atoms with Gasteiger partial charge < -0.3 is 4.98 Å². The van der Waals surface area contributed by atoms with E-state index in [4.69, 9.17) is 0 Å². The van der Waals surface area contributed by atoms with E-state index in [9.17, 15) is 0 Å². The van der Waals surface area contributed by atoms with Crippen molar-refractivity contribution in [2.24, 2.45) is 0 Å². The van der Waals surface area contributed by atoms with Crippen molar-refractivity contribution in [3.8, 4) is 0 Å². The molecule has 2 rings (SSSR count). The van der Waals surface area contributed by atoms with Crippen molar-refractivity contribution in [1.29, 1.82) is 0 Å². The van der Waals surface area contributed by atoms with Crippen LogP contribution in [0.3, 0.4) is 0 Å². The number of rotatable bonds is 3. The normalized spacial score (nSPS) is 13.0. The van der Waals surface area contributed by atoms with Gasteiger partial charge >= 0.3 is 0 Å². The molecule has 2 heterocycles. The van der Waals surface area contributed by atoms with Gasteiger partial charge in [-0.3, -0.25) is 0 Å². The second-order valence-electron chi connectivity index (χ2n) is 3.31. The summed E-state index contributed by atoms with van der Waals surface area (Å²) < 4.78 is 1.21. The van der Waals surface area contributed by atoms with Gasteiger partial charge in [0.05, 0.1) is 8.61 Å². The van der Waals surface area contributed by atoms with Crippen LogP contribution in [0.25, 0.3) is 0 Å². The molecule has 0 aliphatic carbocycles. The lowest BCUT2D eigenvalue weighted by Gasteiger charge is -2.04. The fraction of sp³-hybridized carbons (Fsp3) is 0.300. The molecule has 2 aromatic heterocycles. The van der Waals surface area contributed by atoms with Crippen LogP contribution in [0.1, 0.15) is 21.1 Å². The molecule has 2 nitrogen and oxygen atoms in total. The number of alkyl halides is 1. The van der Waals surface area contributed by atoms with Crippen molar-refractivity contribution in [1.82, 2.24) is 9.97 Å². The summed E-state index contributed by atoms with van der Waals surface area (Å²) in [6, 6.07) is 2.21. The molecule has 0 aromatic carbocycles. The molecule has 0 saturated carbocycles. The Hall–Kier alpha value is -0.130. The van der Waals surface area contributed by atoms with E-state index >= 15 is 0 Å². The van der Waals surface area contributed by atoms with E-state index < -0.39 is 0 Å². The number of thiophene rings is 1. The molecule has 0 amide bonds. The Labute approximate surface area is 109 Å². The third-order valence-electron chi connectivity index (χ3n) is 2.11. The van der Waals surface area contributed by atoms with Gasteiger partial charge in [0.25, 0.3) is 0 Å². The Morgan fingerprint density at radius 3 is 2.93 bits per heavy atom. The van der Waals surface area contributed by atoms with E-state index in [1.54, 1.807) is 17.5 Å². The van der Waals surface area contributed by atoms with Gasteiger partial charge in [-0.1, -0.05) is 15.9 Å². The van der Waals surface area contributed by atoms with Crippen LogP contribution >= 0.6 is 43.2 Å². The summed E-state index contributed by atoms with van der Waals surface area (Å²) >= 11 is 8.99. The maximum atomic E-state index is 4.22. The first kappa shape index (κ1) is 11.4. The maximum absolute atomic E-state index is 4.22. The van der Waals surface area contributed by atoms with E-state index in [1.807, 2.05) is 6.20 Å². The summed E-state index contributed by atoms with van der Waals surface area (Å²) in [6.07, 6.45) is 4.52. The van der Waals surface area contributed by atoms with Crippen molar-refractivity contribution in [3.05, 3.63) is 38.5 Å². The van der Waals surface area contributed by atoms with E-state index in [2.05, 4.69) is 54.8 Å². The number of aromatic amines is 1. The van der Waals surface area contributed by atoms with E-state index in [-0.39, 0.29) is 0 Å². The summed E-state index contributed by atoms with van der Waals surface area (Å²) in [7, 11) is 0. The first-order chi connectivity index (χ1) is 7.16. The molecule has 0 saturated heterocycles. The topological polar surface area (TPSA) is 28.7 Å². The van der Waals surface area contributed by atoms with Crippen LogP contribution in [0.4, 0.5) is 0 Å². The predicted octanol–water partition coefficient (Wildman–Crippen LogP) is 4.22. The molecule has 0 fully saturated rings. The fourth-order valence-electron chi connectivity index (χ4n) is 1.32. The van der Waals surface area contributed by atoms with Crippen LogP contribution in [0.5, 0.6) is 0 Å². The SMILES string of the molecule is Cc1cc(C(Br)Cc2ncc[nH]2)sc1Br. The molecule has 1 atom stereocenters. The Bertz CT molecular complexity index is 417. The molecular weight excluding hydrogens is 340 g/mol. The van der Waals surface area contributed by atoms with Gasteiger partial charge in [0.2, 0.25) is 0 Å². The summed E-state index contributed by atoms with van der Waals surface area (Å²) in [5.41, 5.74) is 1.29. The number of H-pyrrole nitrogens is 1. The molecular formula is C10H10Br2N2S. The largest absolute Gasteiger partial charge is 0.349 e. The molecule has 15 heavy (non-hydrogen) atoms. The molecule has 1 N–H and O–H groups in total. The number of imidazole rings is 1. The smallest absolute Gasteiger partial charge is 0.107 e. The molecule has 1 unspecified atom stereocenters. The molecule has 80 valence electrons. The van der Waals surface area contributed by atoms with Gasteiger partial charge in [-0.25, -0.2) is 4.98 Å². The van der Waals surface area contributed by atoms with Crippen molar-refractivity contribution in [2.75, 3.05) is 0 Å². The third-order valence-corrected chi connectivity index (χ3v) is 5.48. The van der Waals surface area contributed by atoms with Crippen molar-refractivity contribution in [3.63, 3.8) is 0 Å². The first-order valence-corrected chi connectivity index (χ1v) is 7.07. The van der Waals surface area contributed by atoms with Gasteiger partial charge in [-0.15, -0.1) is 11.3 Å². The average Bonchev–Trinajstić information content (AvgIpc) is 2.78. The second kappa shape index (κ2) is 4.80. The van der Waals surface area contributed by atoms with Crippen molar-refractivity contribution >= 4 is 43.2 Å². The van der Waals surface area contributed by atoms with Gasteiger partial charge in [0.15, 0.2) is 0 Å². The molecule has 0 spiro atoms. The predicted molar refractivity (Wildman–Crippen MR) is 70.7 cm³/mol. The minimum absolute atomic E-state index is 0.332. The molecule has 0 aliphatic heterocycles. The van der Waals surface area contributed by atoms with Crippen LogP contribution in [-0.2, 0) is 6.42 Å². The molecule has 5 heteroatoms. The van der Waals surface area contributed by atoms with Gasteiger partial charge in [-0.05, 0) is 34.5 Å². The lowest BCUT2D eigenvalue weighted by Crippen LogP contribution is -1.94.